The van der Waals surface area contributed by atoms with Gasteiger partial charge >= 0.3 is 0 Å². The van der Waals surface area contributed by atoms with E-state index in [0.717, 1.165) is 39.7 Å². The van der Waals surface area contributed by atoms with Crippen LogP contribution in [0.4, 0.5) is 16.5 Å². The minimum atomic E-state index is -0.157. The maximum atomic E-state index is 12.8. The van der Waals surface area contributed by atoms with Crippen LogP contribution in [0, 0.1) is 0 Å². The van der Waals surface area contributed by atoms with Gasteiger partial charge in [0.25, 0.3) is 0 Å². The molecule has 1 amide bonds. The molecule has 4 nitrogen and oxygen atoms in total. The van der Waals surface area contributed by atoms with Crippen molar-refractivity contribution in [2.75, 3.05) is 17.3 Å². The number of amides is 1. The molecule has 3 aromatic carbocycles. The highest BCUT2D eigenvalue weighted by Crippen LogP contribution is 2.31. The van der Waals surface area contributed by atoms with Crippen molar-refractivity contribution in [1.29, 1.82) is 0 Å². The van der Waals surface area contributed by atoms with Crippen LogP contribution in [0.5, 0.6) is 0 Å². The summed E-state index contributed by atoms with van der Waals surface area (Å²) in [6, 6.07) is 28.0. The predicted octanol–water partition coefficient (Wildman–Crippen LogP) is 6.71. The molecule has 1 N–H and O–H groups in total. The maximum Gasteiger partial charge on any atom is 0.231 e. The van der Waals surface area contributed by atoms with E-state index in [9.17, 15) is 4.79 Å². The van der Waals surface area contributed by atoms with E-state index in [2.05, 4.69) is 27.7 Å². The van der Waals surface area contributed by atoms with Crippen LogP contribution in [0.1, 0.15) is 24.8 Å². The molecule has 0 fully saturated rings. The fourth-order valence-electron chi connectivity index (χ4n) is 3.52. The Kier molecular flexibility index (Phi) is 6.43. The summed E-state index contributed by atoms with van der Waals surface area (Å²) in [5.74, 6) is -0.141. The number of para-hydroxylation sites is 1. The monoisotopic (exact) mass is 427 g/mol. The Hall–Kier alpha value is -3.44. The fourth-order valence-corrected chi connectivity index (χ4v) is 4.34. The summed E-state index contributed by atoms with van der Waals surface area (Å²) in [5, 5.41) is 6.05. The third-order valence-electron chi connectivity index (χ3n) is 5.30. The van der Waals surface area contributed by atoms with E-state index in [0.29, 0.717) is 0 Å². The van der Waals surface area contributed by atoms with Crippen LogP contribution in [-0.4, -0.2) is 17.9 Å². The Balaban J connectivity index is 1.45. The highest BCUT2D eigenvalue weighted by atomic mass is 32.1. The zero-order valence-corrected chi connectivity index (χ0v) is 18.5. The Morgan fingerprint density at radius 2 is 1.61 bits per heavy atom. The zero-order chi connectivity index (χ0) is 21.6. The van der Waals surface area contributed by atoms with Gasteiger partial charge in [0.1, 0.15) is 0 Å². The van der Waals surface area contributed by atoms with E-state index in [1.54, 1.807) is 11.3 Å². The van der Waals surface area contributed by atoms with Gasteiger partial charge in [0.2, 0.25) is 5.91 Å². The first-order valence-electron chi connectivity index (χ1n) is 10.4. The van der Waals surface area contributed by atoms with Crippen molar-refractivity contribution in [1.82, 2.24) is 4.98 Å². The third kappa shape index (κ3) is 4.84. The molecule has 1 unspecified atom stereocenters. The number of aromatic nitrogens is 1. The molecule has 156 valence electrons. The van der Waals surface area contributed by atoms with Crippen molar-refractivity contribution in [3.63, 3.8) is 0 Å². The lowest BCUT2D eigenvalue weighted by molar-refractivity contribution is -0.117. The quantitative estimate of drug-likeness (QED) is 0.356. The normalized spacial score (nSPS) is 11.7. The molecule has 0 aliphatic carbocycles. The molecule has 0 saturated carbocycles. The second-order valence-corrected chi connectivity index (χ2v) is 8.18. The average Bonchev–Trinajstić information content (AvgIpc) is 3.31. The second kappa shape index (κ2) is 9.58. The van der Waals surface area contributed by atoms with Crippen molar-refractivity contribution in [3.05, 3.63) is 95.9 Å². The number of carbonyl (C=O) groups excluding carboxylic acids is 1. The van der Waals surface area contributed by atoms with Crippen molar-refractivity contribution in [2.45, 2.75) is 19.3 Å². The van der Waals surface area contributed by atoms with Crippen molar-refractivity contribution < 1.29 is 4.79 Å². The molecule has 1 aromatic heterocycles. The average molecular weight is 428 g/mol. The summed E-state index contributed by atoms with van der Waals surface area (Å²) < 4.78 is 0. The van der Waals surface area contributed by atoms with E-state index < -0.39 is 0 Å². The standard InChI is InChI=1S/C26H25N3OS/c1-3-23(19-10-6-4-7-11-19)25(30)27-21-16-14-20(15-17-21)24-18-31-26(28-24)29(2)22-12-8-5-9-13-22/h4-18,23H,3H2,1-2H3,(H,27,30). The number of thiazole rings is 1. The molecule has 31 heavy (non-hydrogen) atoms. The molecule has 0 bridgehead atoms. The van der Waals surface area contributed by atoms with Crippen LogP contribution in [-0.2, 0) is 4.79 Å². The van der Waals surface area contributed by atoms with Gasteiger partial charge < -0.3 is 10.2 Å². The Bertz CT molecular complexity index is 1120. The molecule has 5 heteroatoms. The topological polar surface area (TPSA) is 45.2 Å². The maximum absolute atomic E-state index is 12.8. The van der Waals surface area contributed by atoms with E-state index in [4.69, 9.17) is 4.98 Å². The van der Waals surface area contributed by atoms with Crippen molar-refractivity contribution in [3.8, 4) is 11.3 Å². The number of rotatable bonds is 7. The van der Waals surface area contributed by atoms with E-state index in [1.165, 1.54) is 0 Å². The first-order valence-corrected chi connectivity index (χ1v) is 11.2. The van der Waals surface area contributed by atoms with Gasteiger partial charge in [-0.15, -0.1) is 11.3 Å². The minimum absolute atomic E-state index is 0.0156. The minimum Gasteiger partial charge on any atom is -0.326 e. The van der Waals surface area contributed by atoms with E-state index in [1.807, 2.05) is 86.8 Å². The highest BCUT2D eigenvalue weighted by Gasteiger charge is 2.18. The third-order valence-corrected chi connectivity index (χ3v) is 6.21. The number of hydrogen-bond acceptors (Lipinski definition) is 4. The van der Waals surface area contributed by atoms with Crippen LogP contribution < -0.4 is 10.2 Å². The van der Waals surface area contributed by atoms with Gasteiger partial charge in [-0.1, -0.05) is 67.6 Å². The van der Waals surface area contributed by atoms with Gasteiger partial charge in [0.05, 0.1) is 11.6 Å². The predicted molar refractivity (Wildman–Crippen MR) is 130 cm³/mol. The lowest BCUT2D eigenvalue weighted by Crippen LogP contribution is -2.20. The molecule has 0 spiro atoms. The molecule has 4 aromatic rings. The lowest BCUT2D eigenvalue weighted by Gasteiger charge is -2.16. The van der Waals surface area contributed by atoms with Gasteiger partial charge in [-0.05, 0) is 36.2 Å². The first kappa shape index (κ1) is 20.8. The molecule has 4 rings (SSSR count). The fraction of sp³-hybridized carbons (Fsp3) is 0.154. The van der Waals surface area contributed by atoms with Gasteiger partial charge in [-0.3, -0.25) is 4.79 Å². The van der Waals surface area contributed by atoms with E-state index >= 15 is 0 Å². The smallest absolute Gasteiger partial charge is 0.231 e. The lowest BCUT2D eigenvalue weighted by atomic mass is 9.95. The molecule has 0 radical (unpaired) electrons. The highest BCUT2D eigenvalue weighted by molar-refractivity contribution is 7.14. The van der Waals surface area contributed by atoms with Crippen LogP contribution >= 0.6 is 11.3 Å². The Morgan fingerprint density at radius 1 is 0.968 bits per heavy atom. The van der Waals surface area contributed by atoms with E-state index in [-0.39, 0.29) is 11.8 Å². The molecule has 0 aliphatic rings. The number of carbonyl (C=O) groups is 1. The van der Waals surface area contributed by atoms with Crippen LogP contribution in [0.25, 0.3) is 11.3 Å². The van der Waals surface area contributed by atoms with Gasteiger partial charge in [-0.2, -0.15) is 0 Å². The Morgan fingerprint density at radius 3 is 2.26 bits per heavy atom. The number of nitrogens with one attached hydrogen (secondary N) is 1. The van der Waals surface area contributed by atoms with Crippen LogP contribution in [0.3, 0.4) is 0 Å². The molecular weight excluding hydrogens is 402 g/mol. The summed E-state index contributed by atoms with van der Waals surface area (Å²) in [5.41, 5.74) is 4.88. The number of hydrogen-bond donors (Lipinski definition) is 1. The van der Waals surface area contributed by atoms with Gasteiger partial charge in [0, 0.05) is 29.4 Å². The molecular formula is C26H25N3OS. The largest absolute Gasteiger partial charge is 0.326 e. The summed E-state index contributed by atoms with van der Waals surface area (Å²) in [6.45, 7) is 2.03. The number of anilines is 3. The summed E-state index contributed by atoms with van der Waals surface area (Å²) in [7, 11) is 2.02. The molecule has 1 atom stereocenters. The Labute approximate surface area is 187 Å². The number of nitrogens with zero attached hydrogens (tertiary/aromatic N) is 2. The number of benzene rings is 3. The summed E-state index contributed by atoms with van der Waals surface area (Å²) in [4.78, 5) is 19.7. The zero-order valence-electron chi connectivity index (χ0n) is 17.7. The first-order chi connectivity index (χ1) is 15.2. The summed E-state index contributed by atoms with van der Waals surface area (Å²) in [6.07, 6.45) is 0.754. The summed E-state index contributed by atoms with van der Waals surface area (Å²) >= 11 is 1.61. The van der Waals surface area contributed by atoms with Crippen LogP contribution in [0.2, 0.25) is 0 Å². The second-order valence-electron chi connectivity index (χ2n) is 7.35. The molecule has 0 aliphatic heterocycles. The van der Waals surface area contributed by atoms with Crippen molar-refractivity contribution in [2.24, 2.45) is 0 Å². The SMILES string of the molecule is CCC(C(=O)Nc1ccc(-c2csc(N(C)c3ccccc3)n2)cc1)c1ccccc1. The molecule has 0 saturated heterocycles. The van der Waals surface area contributed by atoms with Crippen molar-refractivity contribution >= 4 is 33.8 Å². The van der Waals surface area contributed by atoms with Gasteiger partial charge in [-0.25, -0.2) is 4.98 Å². The molecule has 1 heterocycles. The van der Waals surface area contributed by atoms with Gasteiger partial charge in [0.15, 0.2) is 5.13 Å². The van der Waals surface area contributed by atoms with Crippen LogP contribution in [0.15, 0.2) is 90.3 Å².